The lowest BCUT2D eigenvalue weighted by molar-refractivity contribution is 0.362. The lowest BCUT2D eigenvalue weighted by atomic mass is 9.86. The van der Waals surface area contributed by atoms with Crippen LogP contribution in [0.1, 0.15) is 25.8 Å². The molecule has 0 aliphatic rings. The van der Waals surface area contributed by atoms with Crippen molar-refractivity contribution in [2.24, 2.45) is 17.6 Å². The van der Waals surface area contributed by atoms with Gasteiger partial charge in [-0.15, -0.1) is 0 Å². The van der Waals surface area contributed by atoms with Gasteiger partial charge in [0.15, 0.2) is 0 Å². The molecular formula is C19H24FN. The summed E-state index contributed by atoms with van der Waals surface area (Å²) in [4.78, 5) is 0. The molecule has 2 rings (SSSR count). The average molecular weight is 285 g/mol. The fourth-order valence-corrected chi connectivity index (χ4v) is 2.69. The van der Waals surface area contributed by atoms with Gasteiger partial charge in [0.1, 0.15) is 5.82 Å². The first-order valence-electron chi connectivity index (χ1n) is 7.65. The lowest BCUT2D eigenvalue weighted by Crippen LogP contribution is -2.16. The molecule has 2 aromatic rings. The van der Waals surface area contributed by atoms with Crippen molar-refractivity contribution in [2.45, 2.75) is 26.7 Å². The number of rotatable bonds is 6. The third kappa shape index (κ3) is 4.40. The second-order valence-electron chi connectivity index (χ2n) is 5.99. The van der Waals surface area contributed by atoms with Crippen molar-refractivity contribution < 1.29 is 4.39 Å². The highest BCUT2D eigenvalue weighted by Gasteiger charge is 2.13. The Kier molecular flexibility index (Phi) is 5.51. The Balaban J connectivity index is 2.11. The molecule has 2 aromatic carbocycles. The summed E-state index contributed by atoms with van der Waals surface area (Å²) >= 11 is 0. The van der Waals surface area contributed by atoms with Gasteiger partial charge in [-0.05, 0) is 60.0 Å². The standard InChI is InChI=1S/C19H24FN/c1-14(2)17(10-11-21)12-15-6-8-16(9-7-15)18-4-3-5-19(20)13-18/h3-9,13-14,17H,10-12,21H2,1-2H3. The third-order valence-electron chi connectivity index (χ3n) is 4.09. The van der Waals surface area contributed by atoms with E-state index in [9.17, 15) is 4.39 Å². The molecule has 0 saturated carbocycles. The van der Waals surface area contributed by atoms with Gasteiger partial charge in [-0.25, -0.2) is 4.39 Å². The number of halogens is 1. The molecule has 1 unspecified atom stereocenters. The van der Waals surface area contributed by atoms with E-state index in [4.69, 9.17) is 5.73 Å². The second-order valence-corrected chi connectivity index (χ2v) is 5.99. The van der Waals surface area contributed by atoms with Gasteiger partial charge in [-0.3, -0.25) is 0 Å². The first-order valence-corrected chi connectivity index (χ1v) is 7.65. The summed E-state index contributed by atoms with van der Waals surface area (Å²) in [6.45, 7) is 5.24. The molecule has 0 aliphatic carbocycles. The van der Waals surface area contributed by atoms with Crippen LogP contribution in [0.5, 0.6) is 0 Å². The van der Waals surface area contributed by atoms with Crippen molar-refractivity contribution in [1.29, 1.82) is 0 Å². The minimum Gasteiger partial charge on any atom is -0.330 e. The fourth-order valence-electron chi connectivity index (χ4n) is 2.69. The predicted octanol–water partition coefficient (Wildman–Crippen LogP) is 4.66. The monoisotopic (exact) mass is 285 g/mol. The Labute approximate surface area is 127 Å². The van der Waals surface area contributed by atoms with E-state index in [0.29, 0.717) is 11.8 Å². The van der Waals surface area contributed by atoms with Crippen LogP contribution >= 0.6 is 0 Å². The summed E-state index contributed by atoms with van der Waals surface area (Å²) in [5, 5.41) is 0. The topological polar surface area (TPSA) is 26.0 Å². The normalized spacial score (nSPS) is 12.6. The van der Waals surface area contributed by atoms with Crippen LogP contribution in [0.15, 0.2) is 48.5 Å². The zero-order valence-corrected chi connectivity index (χ0v) is 12.9. The van der Waals surface area contributed by atoms with Gasteiger partial charge in [0.05, 0.1) is 0 Å². The Hall–Kier alpha value is -1.67. The van der Waals surface area contributed by atoms with E-state index >= 15 is 0 Å². The highest BCUT2D eigenvalue weighted by atomic mass is 19.1. The van der Waals surface area contributed by atoms with E-state index in [1.165, 1.54) is 11.6 Å². The maximum atomic E-state index is 13.3. The molecule has 2 N–H and O–H groups in total. The first-order chi connectivity index (χ1) is 10.1. The van der Waals surface area contributed by atoms with Crippen LogP contribution in [-0.2, 0) is 6.42 Å². The average Bonchev–Trinajstić information content (AvgIpc) is 2.47. The van der Waals surface area contributed by atoms with Crippen molar-refractivity contribution in [3.05, 3.63) is 59.9 Å². The highest BCUT2D eigenvalue weighted by molar-refractivity contribution is 5.63. The lowest BCUT2D eigenvalue weighted by Gasteiger charge is -2.20. The third-order valence-corrected chi connectivity index (χ3v) is 4.09. The van der Waals surface area contributed by atoms with E-state index in [1.807, 2.05) is 6.07 Å². The van der Waals surface area contributed by atoms with Crippen LogP contribution in [0.4, 0.5) is 4.39 Å². The predicted molar refractivity (Wildman–Crippen MR) is 87.5 cm³/mol. The van der Waals surface area contributed by atoms with Crippen LogP contribution in [0.3, 0.4) is 0 Å². The molecular weight excluding hydrogens is 261 g/mol. The van der Waals surface area contributed by atoms with E-state index in [-0.39, 0.29) is 5.82 Å². The maximum Gasteiger partial charge on any atom is 0.123 e. The number of hydrogen-bond donors (Lipinski definition) is 1. The molecule has 0 spiro atoms. The summed E-state index contributed by atoms with van der Waals surface area (Å²) in [6, 6.07) is 15.2. The van der Waals surface area contributed by atoms with Gasteiger partial charge in [0, 0.05) is 0 Å². The number of hydrogen-bond acceptors (Lipinski definition) is 1. The van der Waals surface area contributed by atoms with Crippen molar-refractivity contribution in [3.8, 4) is 11.1 Å². The smallest absolute Gasteiger partial charge is 0.123 e. The molecule has 1 nitrogen and oxygen atoms in total. The summed E-state index contributed by atoms with van der Waals surface area (Å²) < 4.78 is 13.3. The van der Waals surface area contributed by atoms with Gasteiger partial charge in [0.2, 0.25) is 0 Å². The number of benzene rings is 2. The maximum absolute atomic E-state index is 13.3. The molecule has 0 aliphatic heterocycles. The van der Waals surface area contributed by atoms with E-state index in [1.54, 1.807) is 12.1 Å². The Bertz CT molecular complexity index is 560. The summed E-state index contributed by atoms with van der Waals surface area (Å²) in [6.07, 6.45) is 2.11. The van der Waals surface area contributed by atoms with Crippen LogP contribution < -0.4 is 5.73 Å². The molecule has 0 fully saturated rings. The SMILES string of the molecule is CC(C)C(CCN)Cc1ccc(-c2cccc(F)c2)cc1. The van der Waals surface area contributed by atoms with Crippen molar-refractivity contribution >= 4 is 0 Å². The van der Waals surface area contributed by atoms with Crippen LogP contribution in [0, 0.1) is 17.7 Å². The molecule has 0 bridgehead atoms. The van der Waals surface area contributed by atoms with Gasteiger partial charge in [-0.1, -0.05) is 50.2 Å². The summed E-state index contributed by atoms with van der Waals surface area (Å²) in [5.74, 6) is 1.06. The molecule has 21 heavy (non-hydrogen) atoms. The van der Waals surface area contributed by atoms with Crippen LogP contribution in [0.2, 0.25) is 0 Å². The summed E-state index contributed by atoms with van der Waals surface area (Å²) in [7, 11) is 0. The molecule has 0 aromatic heterocycles. The van der Waals surface area contributed by atoms with Crippen molar-refractivity contribution in [1.82, 2.24) is 0 Å². The summed E-state index contributed by atoms with van der Waals surface area (Å²) in [5.41, 5.74) is 9.00. The Morgan fingerprint density at radius 2 is 1.71 bits per heavy atom. The second kappa shape index (κ2) is 7.37. The van der Waals surface area contributed by atoms with Gasteiger partial charge in [-0.2, -0.15) is 0 Å². The quantitative estimate of drug-likeness (QED) is 0.821. The Morgan fingerprint density at radius 1 is 1.00 bits per heavy atom. The highest BCUT2D eigenvalue weighted by Crippen LogP contribution is 2.24. The molecule has 2 heteroatoms. The van der Waals surface area contributed by atoms with Crippen molar-refractivity contribution in [3.63, 3.8) is 0 Å². The molecule has 0 heterocycles. The molecule has 0 radical (unpaired) electrons. The fraction of sp³-hybridized carbons (Fsp3) is 0.368. The van der Waals surface area contributed by atoms with E-state index in [0.717, 1.165) is 30.5 Å². The zero-order valence-electron chi connectivity index (χ0n) is 12.9. The molecule has 1 atom stereocenters. The minimum atomic E-state index is -0.195. The largest absolute Gasteiger partial charge is 0.330 e. The van der Waals surface area contributed by atoms with Gasteiger partial charge >= 0.3 is 0 Å². The molecule has 112 valence electrons. The van der Waals surface area contributed by atoms with Gasteiger partial charge in [0.25, 0.3) is 0 Å². The van der Waals surface area contributed by atoms with Gasteiger partial charge < -0.3 is 5.73 Å². The first kappa shape index (κ1) is 15.7. The molecule has 0 amide bonds. The van der Waals surface area contributed by atoms with Crippen molar-refractivity contribution in [2.75, 3.05) is 6.54 Å². The number of nitrogens with two attached hydrogens (primary N) is 1. The zero-order chi connectivity index (χ0) is 15.2. The van der Waals surface area contributed by atoms with Crippen LogP contribution in [0.25, 0.3) is 11.1 Å². The molecule has 0 saturated heterocycles. The Morgan fingerprint density at radius 3 is 2.29 bits per heavy atom. The minimum absolute atomic E-state index is 0.195. The van der Waals surface area contributed by atoms with E-state index in [2.05, 4.69) is 38.1 Å². The van der Waals surface area contributed by atoms with Crippen LogP contribution in [-0.4, -0.2) is 6.54 Å². The van der Waals surface area contributed by atoms with E-state index < -0.39 is 0 Å².